The molecule has 1 heterocycles. The molecule has 0 radical (unpaired) electrons. The Kier molecular flexibility index (Phi) is 4.39. The SMILES string of the molecule is O=C(CCc1ccccc1Cl)OCc1ccc2cn[nH]c2c1. The first-order chi connectivity index (χ1) is 10.7. The molecule has 0 saturated heterocycles. The topological polar surface area (TPSA) is 55.0 Å². The first kappa shape index (κ1) is 14.6. The summed E-state index contributed by atoms with van der Waals surface area (Å²) >= 11 is 6.06. The van der Waals surface area contributed by atoms with Crippen LogP contribution in [0.3, 0.4) is 0 Å². The highest BCUT2D eigenvalue weighted by molar-refractivity contribution is 6.31. The molecule has 0 aliphatic heterocycles. The van der Waals surface area contributed by atoms with Crippen molar-refractivity contribution in [3.8, 4) is 0 Å². The number of ether oxygens (including phenoxy) is 1. The lowest BCUT2D eigenvalue weighted by Gasteiger charge is -2.06. The lowest BCUT2D eigenvalue weighted by atomic mass is 10.1. The molecule has 0 unspecified atom stereocenters. The third-order valence-corrected chi connectivity index (χ3v) is 3.83. The van der Waals surface area contributed by atoms with Crippen LogP contribution in [0.5, 0.6) is 0 Å². The number of nitrogens with zero attached hydrogens (tertiary/aromatic N) is 1. The van der Waals surface area contributed by atoms with Crippen LogP contribution in [0.15, 0.2) is 48.7 Å². The van der Waals surface area contributed by atoms with Crippen LogP contribution in [0.4, 0.5) is 0 Å². The Morgan fingerprint density at radius 1 is 1.23 bits per heavy atom. The molecule has 5 heteroatoms. The number of rotatable bonds is 5. The molecular weight excluding hydrogens is 300 g/mol. The van der Waals surface area contributed by atoms with E-state index in [1.807, 2.05) is 42.5 Å². The molecule has 0 bridgehead atoms. The zero-order valence-electron chi connectivity index (χ0n) is 11.9. The molecule has 112 valence electrons. The second-order valence-corrected chi connectivity index (χ2v) is 5.45. The van der Waals surface area contributed by atoms with Gasteiger partial charge in [-0.1, -0.05) is 41.9 Å². The molecule has 3 aromatic rings. The number of H-pyrrole nitrogens is 1. The van der Waals surface area contributed by atoms with E-state index in [-0.39, 0.29) is 12.6 Å². The summed E-state index contributed by atoms with van der Waals surface area (Å²) in [6, 6.07) is 13.3. The maximum atomic E-state index is 11.8. The molecule has 0 atom stereocenters. The highest BCUT2D eigenvalue weighted by atomic mass is 35.5. The van der Waals surface area contributed by atoms with Gasteiger partial charge in [-0.05, 0) is 29.7 Å². The van der Waals surface area contributed by atoms with Gasteiger partial charge in [0.15, 0.2) is 0 Å². The smallest absolute Gasteiger partial charge is 0.306 e. The molecule has 4 nitrogen and oxygen atoms in total. The first-order valence-electron chi connectivity index (χ1n) is 7.03. The van der Waals surface area contributed by atoms with E-state index in [1.165, 1.54) is 0 Å². The molecule has 0 fully saturated rings. The summed E-state index contributed by atoms with van der Waals surface area (Å²) < 4.78 is 5.30. The van der Waals surface area contributed by atoms with Crippen LogP contribution in [-0.2, 0) is 22.6 Å². The summed E-state index contributed by atoms with van der Waals surface area (Å²) in [5, 5.41) is 8.58. The molecule has 2 aromatic carbocycles. The summed E-state index contributed by atoms with van der Waals surface area (Å²) in [5.74, 6) is -0.232. The first-order valence-corrected chi connectivity index (χ1v) is 7.41. The van der Waals surface area contributed by atoms with Crippen molar-refractivity contribution in [1.82, 2.24) is 10.2 Å². The van der Waals surface area contributed by atoms with E-state index in [1.54, 1.807) is 6.20 Å². The molecule has 3 rings (SSSR count). The number of aryl methyl sites for hydroxylation is 1. The van der Waals surface area contributed by atoms with Crippen molar-refractivity contribution in [1.29, 1.82) is 0 Å². The van der Waals surface area contributed by atoms with Crippen molar-refractivity contribution in [2.45, 2.75) is 19.4 Å². The average molecular weight is 315 g/mol. The van der Waals surface area contributed by atoms with Crippen LogP contribution >= 0.6 is 11.6 Å². The van der Waals surface area contributed by atoms with E-state index in [2.05, 4.69) is 10.2 Å². The maximum Gasteiger partial charge on any atom is 0.306 e. The number of carbonyl (C=O) groups is 1. The number of halogens is 1. The van der Waals surface area contributed by atoms with Gasteiger partial charge in [-0.3, -0.25) is 9.89 Å². The van der Waals surface area contributed by atoms with Gasteiger partial charge >= 0.3 is 5.97 Å². The fourth-order valence-corrected chi connectivity index (χ4v) is 2.48. The monoisotopic (exact) mass is 314 g/mol. The molecule has 0 aliphatic carbocycles. The molecule has 0 aliphatic rings. The minimum absolute atomic E-state index is 0.232. The average Bonchev–Trinajstić information content (AvgIpc) is 2.99. The van der Waals surface area contributed by atoms with Crippen molar-refractivity contribution in [3.63, 3.8) is 0 Å². The van der Waals surface area contributed by atoms with Gasteiger partial charge in [0.2, 0.25) is 0 Å². The Labute approximate surface area is 133 Å². The Hall–Kier alpha value is -2.33. The number of fused-ring (bicyclic) bond motifs is 1. The van der Waals surface area contributed by atoms with E-state index in [0.717, 1.165) is 22.0 Å². The summed E-state index contributed by atoms with van der Waals surface area (Å²) in [5.41, 5.74) is 2.83. The van der Waals surface area contributed by atoms with Crippen molar-refractivity contribution in [2.24, 2.45) is 0 Å². The van der Waals surface area contributed by atoms with Gasteiger partial charge in [0.25, 0.3) is 0 Å². The van der Waals surface area contributed by atoms with E-state index in [0.29, 0.717) is 17.9 Å². The lowest BCUT2D eigenvalue weighted by Crippen LogP contribution is -2.06. The van der Waals surface area contributed by atoms with Gasteiger partial charge < -0.3 is 4.74 Å². The van der Waals surface area contributed by atoms with Gasteiger partial charge in [0.05, 0.1) is 11.7 Å². The van der Waals surface area contributed by atoms with E-state index >= 15 is 0 Å². The van der Waals surface area contributed by atoms with Crippen LogP contribution < -0.4 is 0 Å². The summed E-state index contributed by atoms with van der Waals surface area (Å²) in [7, 11) is 0. The quantitative estimate of drug-likeness (QED) is 0.727. The Balaban J connectivity index is 1.52. The molecular formula is C17H15ClN2O2. The second-order valence-electron chi connectivity index (χ2n) is 5.04. The zero-order valence-corrected chi connectivity index (χ0v) is 12.6. The van der Waals surface area contributed by atoms with Crippen molar-refractivity contribution < 1.29 is 9.53 Å². The molecule has 22 heavy (non-hydrogen) atoms. The Morgan fingerprint density at radius 3 is 2.95 bits per heavy atom. The minimum atomic E-state index is -0.232. The Morgan fingerprint density at radius 2 is 2.09 bits per heavy atom. The van der Waals surface area contributed by atoms with Crippen LogP contribution in [-0.4, -0.2) is 16.2 Å². The van der Waals surface area contributed by atoms with Crippen LogP contribution in [0.25, 0.3) is 10.9 Å². The van der Waals surface area contributed by atoms with Crippen molar-refractivity contribution >= 4 is 28.5 Å². The highest BCUT2D eigenvalue weighted by Gasteiger charge is 2.07. The third kappa shape index (κ3) is 3.46. The summed E-state index contributed by atoms with van der Waals surface area (Å²) in [6.07, 6.45) is 2.66. The van der Waals surface area contributed by atoms with E-state index < -0.39 is 0 Å². The predicted octanol–water partition coefficient (Wildman–Crippen LogP) is 3.89. The molecule has 1 N–H and O–H groups in total. The standard InChI is InChI=1S/C17H15ClN2O2/c18-15-4-2-1-3-13(15)7-8-17(21)22-11-12-5-6-14-10-19-20-16(14)9-12/h1-6,9-10H,7-8,11H2,(H,19,20). The van der Waals surface area contributed by atoms with Gasteiger partial charge in [-0.2, -0.15) is 5.10 Å². The van der Waals surface area contributed by atoms with Gasteiger partial charge in [-0.25, -0.2) is 0 Å². The predicted molar refractivity (Wildman–Crippen MR) is 85.7 cm³/mol. The number of benzene rings is 2. The largest absolute Gasteiger partial charge is 0.461 e. The lowest BCUT2D eigenvalue weighted by molar-refractivity contribution is -0.144. The maximum absolute atomic E-state index is 11.8. The Bertz CT molecular complexity index is 798. The van der Waals surface area contributed by atoms with E-state index in [9.17, 15) is 4.79 Å². The fourth-order valence-electron chi connectivity index (χ4n) is 2.25. The summed E-state index contributed by atoms with van der Waals surface area (Å²) in [4.78, 5) is 11.8. The number of hydrogen-bond donors (Lipinski definition) is 1. The second kappa shape index (κ2) is 6.62. The van der Waals surface area contributed by atoms with Gasteiger partial charge in [-0.15, -0.1) is 0 Å². The number of hydrogen-bond acceptors (Lipinski definition) is 3. The van der Waals surface area contributed by atoms with Gasteiger partial charge in [0.1, 0.15) is 6.61 Å². The number of esters is 1. The van der Waals surface area contributed by atoms with Gasteiger partial charge in [0, 0.05) is 16.8 Å². The van der Waals surface area contributed by atoms with E-state index in [4.69, 9.17) is 16.3 Å². The number of nitrogens with one attached hydrogen (secondary N) is 1. The molecule has 0 amide bonds. The number of aromatic amines is 1. The third-order valence-electron chi connectivity index (χ3n) is 3.46. The summed E-state index contributed by atoms with van der Waals surface area (Å²) in [6.45, 7) is 0.260. The fraction of sp³-hybridized carbons (Fsp3) is 0.176. The molecule has 0 saturated carbocycles. The molecule has 0 spiro atoms. The number of aromatic nitrogens is 2. The van der Waals surface area contributed by atoms with Crippen LogP contribution in [0.2, 0.25) is 5.02 Å². The normalized spacial score (nSPS) is 10.8. The highest BCUT2D eigenvalue weighted by Crippen LogP contribution is 2.17. The number of carbonyl (C=O) groups excluding carboxylic acids is 1. The zero-order chi connectivity index (χ0) is 15.4. The van der Waals surface area contributed by atoms with Crippen molar-refractivity contribution in [3.05, 3.63) is 64.8 Å². The molecule has 1 aromatic heterocycles. The van der Waals surface area contributed by atoms with Crippen LogP contribution in [0, 0.1) is 0 Å². The minimum Gasteiger partial charge on any atom is -0.461 e. The van der Waals surface area contributed by atoms with Crippen molar-refractivity contribution in [2.75, 3.05) is 0 Å². The van der Waals surface area contributed by atoms with Crippen LogP contribution in [0.1, 0.15) is 17.5 Å².